The average Bonchev–Trinajstić information content (AvgIpc) is 2.77. The number of carbonyl (C=O) groups is 3. The number of ether oxygens (including phenoxy) is 2. The minimum atomic E-state index is -0.824. The first-order valence-electron chi connectivity index (χ1n) is 9.84. The van der Waals surface area contributed by atoms with Crippen molar-refractivity contribution in [3.05, 3.63) is 89.7 Å². The van der Waals surface area contributed by atoms with E-state index in [0.717, 1.165) is 0 Å². The van der Waals surface area contributed by atoms with Crippen molar-refractivity contribution < 1.29 is 28.2 Å². The fourth-order valence-corrected chi connectivity index (χ4v) is 2.80. The van der Waals surface area contributed by atoms with Crippen molar-refractivity contribution >= 4 is 29.3 Å². The second kappa shape index (κ2) is 10.7. The summed E-state index contributed by atoms with van der Waals surface area (Å²) in [6.45, 7) is 1.86. The Morgan fingerprint density at radius 3 is 2.09 bits per heavy atom. The maximum atomic E-state index is 13.0. The Kier molecular flexibility index (Phi) is 7.53. The van der Waals surface area contributed by atoms with E-state index in [4.69, 9.17) is 9.47 Å². The fraction of sp³-hybridized carbons (Fsp3) is 0.125. The lowest BCUT2D eigenvalue weighted by Gasteiger charge is -2.13. The third kappa shape index (κ3) is 6.40. The van der Waals surface area contributed by atoms with Crippen LogP contribution in [-0.4, -0.2) is 24.6 Å². The Balaban J connectivity index is 1.63. The predicted molar refractivity (Wildman–Crippen MR) is 117 cm³/mol. The monoisotopic (exact) mass is 436 g/mol. The van der Waals surface area contributed by atoms with Crippen LogP contribution in [0, 0.1) is 5.82 Å². The molecule has 0 aromatic heterocycles. The molecule has 0 unspecified atom stereocenters. The minimum Gasteiger partial charge on any atom is -0.434 e. The molecule has 0 saturated heterocycles. The zero-order valence-electron chi connectivity index (χ0n) is 17.3. The van der Waals surface area contributed by atoms with Crippen LogP contribution in [0.2, 0.25) is 0 Å². The molecule has 0 aliphatic rings. The van der Waals surface area contributed by atoms with E-state index in [2.05, 4.69) is 10.6 Å². The largest absolute Gasteiger partial charge is 0.513 e. The lowest BCUT2D eigenvalue weighted by molar-refractivity contribution is -0.115. The summed E-state index contributed by atoms with van der Waals surface area (Å²) in [7, 11) is 0. The van der Waals surface area contributed by atoms with Crippen molar-refractivity contribution in [2.24, 2.45) is 0 Å². The van der Waals surface area contributed by atoms with Crippen LogP contribution in [0.25, 0.3) is 0 Å². The molecule has 0 radical (unpaired) electrons. The zero-order valence-corrected chi connectivity index (χ0v) is 17.3. The number of carbonyl (C=O) groups excluding carboxylic acids is 3. The van der Waals surface area contributed by atoms with Gasteiger partial charge in [0.2, 0.25) is 5.91 Å². The molecule has 8 heteroatoms. The highest BCUT2D eigenvalue weighted by atomic mass is 19.1. The van der Waals surface area contributed by atoms with Crippen LogP contribution in [0.15, 0.2) is 72.8 Å². The third-order valence-electron chi connectivity index (χ3n) is 4.31. The summed E-state index contributed by atoms with van der Waals surface area (Å²) >= 11 is 0. The van der Waals surface area contributed by atoms with Crippen molar-refractivity contribution in [1.82, 2.24) is 0 Å². The van der Waals surface area contributed by atoms with Crippen molar-refractivity contribution in [3.63, 3.8) is 0 Å². The molecule has 3 rings (SSSR count). The van der Waals surface area contributed by atoms with E-state index in [-0.39, 0.29) is 30.5 Å². The molecular formula is C24H21FN2O5. The van der Waals surface area contributed by atoms with Gasteiger partial charge in [0.25, 0.3) is 5.91 Å². The zero-order chi connectivity index (χ0) is 22.9. The van der Waals surface area contributed by atoms with Crippen LogP contribution in [-0.2, 0) is 16.0 Å². The van der Waals surface area contributed by atoms with Crippen molar-refractivity contribution in [1.29, 1.82) is 0 Å². The SMILES string of the molecule is CCOC(=O)Oc1ccc(C(=O)Nc2ccccc2NC(=O)Cc2ccc(F)cc2)cc1. The Morgan fingerprint density at radius 2 is 1.47 bits per heavy atom. The number of hydrogen-bond acceptors (Lipinski definition) is 5. The summed E-state index contributed by atoms with van der Waals surface area (Å²) in [5, 5.41) is 5.50. The molecule has 0 heterocycles. The summed E-state index contributed by atoms with van der Waals surface area (Å²) in [6, 6.07) is 18.4. The molecule has 0 bridgehead atoms. The molecule has 0 saturated carbocycles. The topological polar surface area (TPSA) is 93.7 Å². The van der Waals surface area contributed by atoms with Crippen LogP contribution >= 0.6 is 0 Å². The highest BCUT2D eigenvalue weighted by Crippen LogP contribution is 2.23. The Labute approximate surface area is 184 Å². The predicted octanol–water partition coefficient (Wildman–Crippen LogP) is 4.79. The molecule has 32 heavy (non-hydrogen) atoms. The van der Waals surface area contributed by atoms with E-state index in [1.54, 1.807) is 31.2 Å². The van der Waals surface area contributed by atoms with Gasteiger partial charge in [0.05, 0.1) is 24.4 Å². The lowest BCUT2D eigenvalue weighted by Crippen LogP contribution is -2.18. The number of anilines is 2. The maximum absolute atomic E-state index is 13.0. The van der Waals surface area contributed by atoms with Gasteiger partial charge in [-0.3, -0.25) is 9.59 Å². The first kappa shape index (κ1) is 22.5. The summed E-state index contributed by atoms with van der Waals surface area (Å²) in [6.07, 6.45) is -0.764. The molecule has 7 nitrogen and oxygen atoms in total. The molecule has 0 atom stereocenters. The fourth-order valence-electron chi connectivity index (χ4n) is 2.80. The Bertz CT molecular complexity index is 1100. The second-order valence-electron chi connectivity index (χ2n) is 6.66. The second-order valence-corrected chi connectivity index (χ2v) is 6.66. The highest BCUT2D eigenvalue weighted by Gasteiger charge is 2.12. The van der Waals surface area contributed by atoms with E-state index in [1.165, 1.54) is 48.5 Å². The smallest absolute Gasteiger partial charge is 0.434 e. The number of halogens is 1. The highest BCUT2D eigenvalue weighted by molar-refractivity contribution is 6.07. The average molecular weight is 436 g/mol. The van der Waals surface area contributed by atoms with Gasteiger partial charge < -0.3 is 20.1 Å². The summed E-state index contributed by atoms with van der Waals surface area (Å²) in [5.74, 6) is -0.845. The minimum absolute atomic E-state index is 0.0600. The van der Waals surface area contributed by atoms with Gasteiger partial charge in [0.1, 0.15) is 11.6 Å². The van der Waals surface area contributed by atoms with Crippen molar-refractivity contribution in [2.75, 3.05) is 17.2 Å². The van der Waals surface area contributed by atoms with Crippen molar-refractivity contribution in [2.45, 2.75) is 13.3 Å². The van der Waals surface area contributed by atoms with Crippen LogP contribution in [0.4, 0.5) is 20.6 Å². The van der Waals surface area contributed by atoms with Crippen LogP contribution in [0.3, 0.4) is 0 Å². The molecule has 3 aromatic rings. The molecule has 0 spiro atoms. The van der Waals surface area contributed by atoms with E-state index < -0.39 is 12.1 Å². The first-order valence-corrected chi connectivity index (χ1v) is 9.84. The Morgan fingerprint density at radius 1 is 0.844 bits per heavy atom. The first-order chi connectivity index (χ1) is 15.4. The van der Waals surface area contributed by atoms with Gasteiger partial charge in [-0.05, 0) is 61.0 Å². The normalized spacial score (nSPS) is 10.2. The summed E-state index contributed by atoms with van der Waals surface area (Å²) in [5.41, 5.74) is 1.83. The van der Waals surface area contributed by atoms with E-state index >= 15 is 0 Å². The van der Waals surface area contributed by atoms with Gasteiger partial charge >= 0.3 is 6.16 Å². The van der Waals surface area contributed by atoms with E-state index in [1.807, 2.05) is 0 Å². The lowest BCUT2D eigenvalue weighted by atomic mass is 10.1. The molecule has 2 amide bonds. The van der Waals surface area contributed by atoms with Gasteiger partial charge in [-0.25, -0.2) is 9.18 Å². The number of rotatable bonds is 7. The molecule has 0 aliphatic carbocycles. The van der Waals surface area contributed by atoms with Gasteiger partial charge in [-0.2, -0.15) is 0 Å². The molecule has 3 aromatic carbocycles. The number of nitrogens with one attached hydrogen (secondary N) is 2. The van der Waals surface area contributed by atoms with Gasteiger partial charge in [-0.1, -0.05) is 24.3 Å². The number of hydrogen-bond donors (Lipinski definition) is 2. The summed E-state index contributed by atoms with van der Waals surface area (Å²) in [4.78, 5) is 36.4. The van der Waals surface area contributed by atoms with Crippen LogP contribution in [0.1, 0.15) is 22.8 Å². The van der Waals surface area contributed by atoms with E-state index in [0.29, 0.717) is 22.5 Å². The number of amides is 2. The van der Waals surface area contributed by atoms with Crippen molar-refractivity contribution in [3.8, 4) is 5.75 Å². The van der Waals surface area contributed by atoms with Gasteiger partial charge in [0.15, 0.2) is 0 Å². The molecule has 2 N–H and O–H groups in total. The maximum Gasteiger partial charge on any atom is 0.513 e. The number of benzene rings is 3. The molecule has 164 valence electrons. The van der Waals surface area contributed by atoms with Gasteiger partial charge in [0, 0.05) is 5.56 Å². The molecular weight excluding hydrogens is 415 g/mol. The van der Waals surface area contributed by atoms with Crippen LogP contribution < -0.4 is 15.4 Å². The molecule has 0 fully saturated rings. The standard InChI is InChI=1S/C24H21FN2O5/c1-2-31-24(30)32-19-13-9-17(10-14-19)23(29)27-21-6-4-3-5-20(21)26-22(28)15-16-7-11-18(25)12-8-16/h3-14H,2,15H2,1H3,(H,26,28)(H,27,29). The quantitative estimate of drug-likeness (QED) is 0.410. The molecule has 0 aliphatic heterocycles. The van der Waals surface area contributed by atoms with E-state index in [9.17, 15) is 18.8 Å². The van der Waals surface area contributed by atoms with Gasteiger partial charge in [-0.15, -0.1) is 0 Å². The summed E-state index contributed by atoms with van der Waals surface area (Å²) < 4.78 is 22.7. The third-order valence-corrected chi connectivity index (χ3v) is 4.31. The van der Waals surface area contributed by atoms with Crippen LogP contribution in [0.5, 0.6) is 5.75 Å². The Hall–Kier alpha value is -4.20. The number of para-hydroxylation sites is 2.